The molecule has 0 amide bonds. The predicted octanol–water partition coefficient (Wildman–Crippen LogP) is 4.05. The molecular formula is C24H17N3O5. The fourth-order valence-electron chi connectivity index (χ4n) is 3.21. The van der Waals surface area contributed by atoms with Crippen LogP contribution in [0.25, 0.3) is 16.8 Å². The second-order valence-corrected chi connectivity index (χ2v) is 6.86. The van der Waals surface area contributed by atoms with E-state index in [0.717, 1.165) is 4.68 Å². The van der Waals surface area contributed by atoms with Crippen molar-refractivity contribution in [1.29, 1.82) is 0 Å². The maximum Gasteiger partial charge on any atom is 0.279 e. The highest BCUT2D eigenvalue weighted by atomic mass is 16.6. The van der Waals surface area contributed by atoms with Crippen molar-refractivity contribution >= 4 is 11.5 Å². The van der Waals surface area contributed by atoms with Crippen molar-refractivity contribution < 1.29 is 14.5 Å². The summed E-state index contributed by atoms with van der Waals surface area (Å²) in [5.74, 6) is 0.255. The molecule has 4 rings (SSSR count). The summed E-state index contributed by atoms with van der Waals surface area (Å²) in [6.45, 7) is 0. The molecule has 1 heterocycles. The highest BCUT2D eigenvalue weighted by molar-refractivity contribution is 6.08. The van der Waals surface area contributed by atoms with Gasteiger partial charge >= 0.3 is 0 Å². The first-order valence-electron chi connectivity index (χ1n) is 9.61. The van der Waals surface area contributed by atoms with Crippen molar-refractivity contribution in [3.05, 3.63) is 117 Å². The lowest BCUT2D eigenvalue weighted by Gasteiger charge is -2.11. The number of hydrogen-bond donors (Lipinski definition) is 0. The Bertz CT molecular complexity index is 1350. The third-order valence-electron chi connectivity index (χ3n) is 4.89. The van der Waals surface area contributed by atoms with Gasteiger partial charge in [-0.2, -0.15) is 9.78 Å². The number of methoxy groups -OCH3 is 1. The summed E-state index contributed by atoms with van der Waals surface area (Å²) in [6.07, 6.45) is 0. The molecule has 0 aliphatic rings. The average Bonchev–Trinajstić information content (AvgIpc) is 2.84. The second kappa shape index (κ2) is 8.65. The van der Waals surface area contributed by atoms with Crippen LogP contribution >= 0.6 is 0 Å². The predicted molar refractivity (Wildman–Crippen MR) is 118 cm³/mol. The van der Waals surface area contributed by atoms with Gasteiger partial charge in [0.25, 0.3) is 11.2 Å². The number of ketones is 1. The molecule has 0 aliphatic carbocycles. The SMILES string of the molecule is COc1ccc(-n2nc(C(=O)c3ccccc3)cc(-c3ccc([N+](=O)[O-])cc3)c2=O)cc1. The van der Waals surface area contributed by atoms with Crippen LogP contribution in [0.2, 0.25) is 0 Å². The third-order valence-corrected chi connectivity index (χ3v) is 4.89. The lowest BCUT2D eigenvalue weighted by atomic mass is 10.0. The molecule has 3 aromatic carbocycles. The van der Waals surface area contributed by atoms with Gasteiger partial charge in [0, 0.05) is 17.7 Å². The van der Waals surface area contributed by atoms with E-state index in [-0.39, 0.29) is 22.7 Å². The second-order valence-electron chi connectivity index (χ2n) is 6.86. The van der Waals surface area contributed by atoms with E-state index in [4.69, 9.17) is 4.74 Å². The van der Waals surface area contributed by atoms with Crippen LogP contribution in [0.15, 0.2) is 89.7 Å². The fourth-order valence-corrected chi connectivity index (χ4v) is 3.21. The molecular weight excluding hydrogens is 410 g/mol. The first-order valence-corrected chi connectivity index (χ1v) is 9.61. The maximum absolute atomic E-state index is 13.3. The number of nitro benzene ring substituents is 1. The van der Waals surface area contributed by atoms with E-state index < -0.39 is 10.5 Å². The smallest absolute Gasteiger partial charge is 0.279 e. The molecule has 0 radical (unpaired) electrons. The van der Waals surface area contributed by atoms with E-state index >= 15 is 0 Å². The van der Waals surface area contributed by atoms with E-state index in [1.165, 1.54) is 37.4 Å². The number of ether oxygens (including phenoxy) is 1. The van der Waals surface area contributed by atoms with Gasteiger partial charge in [-0.3, -0.25) is 19.7 Å². The Labute approximate surface area is 182 Å². The molecule has 0 atom stereocenters. The van der Waals surface area contributed by atoms with Crippen LogP contribution in [0.5, 0.6) is 5.75 Å². The molecule has 32 heavy (non-hydrogen) atoms. The molecule has 0 saturated heterocycles. The average molecular weight is 427 g/mol. The zero-order chi connectivity index (χ0) is 22.7. The number of nitro groups is 1. The molecule has 0 spiro atoms. The molecule has 8 heteroatoms. The Morgan fingerprint density at radius 2 is 1.62 bits per heavy atom. The zero-order valence-electron chi connectivity index (χ0n) is 17.0. The zero-order valence-corrected chi connectivity index (χ0v) is 17.0. The van der Waals surface area contributed by atoms with Crippen molar-refractivity contribution in [2.45, 2.75) is 0 Å². The van der Waals surface area contributed by atoms with Gasteiger partial charge < -0.3 is 4.74 Å². The van der Waals surface area contributed by atoms with Crippen molar-refractivity contribution in [2.24, 2.45) is 0 Å². The number of non-ortho nitro benzene ring substituents is 1. The number of aromatic nitrogens is 2. The molecule has 4 aromatic rings. The molecule has 0 aliphatic heterocycles. The Hall–Kier alpha value is -4.59. The topological polar surface area (TPSA) is 104 Å². The lowest BCUT2D eigenvalue weighted by molar-refractivity contribution is -0.384. The molecule has 0 unspecified atom stereocenters. The summed E-state index contributed by atoms with van der Waals surface area (Å²) < 4.78 is 6.31. The van der Waals surface area contributed by atoms with Gasteiger partial charge in [-0.1, -0.05) is 30.3 Å². The van der Waals surface area contributed by atoms with Gasteiger partial charge in [-0.15, -0.1) is 0 Å². The molecule has 0 saturated carbocycles. The quantitative estimate of drug-likeness (QED) is 0.261. The summed E-state index contributed by atoms with van der Waals surface area (Å²) in [7, 11) is 1.53. The minimum absolute atomic E-state index is 0.0694. The van der Waals surface area contributed by atoms with Crippen LogP contribution in [0.4, 0.5) is 5.69 Å². The molecule has 1 aromatic heterocycles. The van der Waals surface area contributed by atoms with Crippen LogP contribution < -0.4 is 10.3 Å². The van der Waals surface area contributed by atoms with E-state index in [9.17, 15) is 19.7 Å². The summed E-state index contributed by atoms with van der Waals surface area (Å²) >= 11 is 0. The highest BCUT2D eigenvalue weighted by Gasteiger charge is 2.18. The standard InChI is InChI=1S/C24H17N3O5/c1-32-20-13-11-18(12-14-20)26-24(29)21(16-7-9-19(10-8-16)27(30)31)15-22(25-26)23(28)17-5-3-2-4-6-17/h2-15H,1H3. The first kappa shape index (κ1) is 20.7. The van der Waals surface area contributed by atoms with E-state index in [1.54, 1.807) is 54.6 Å². The molecule has 8 nitrogen and oxygen atoms in total. The third kappa shape index (κ3) is 4.01. The van der Waals surface area contributed by atoms with Crippen LogP contribution in [0.1, 0.15) is 16.1 Å². The van der Waals surface area contributed by atoms with Crippen LogP contribution in [-0.4, -0.2) is 27.6 Å². The maximum atomic E-state index is 13.3. The van der Waals surface area contributed by atoms with Gasteiger partial charge in [0.1, 0.15) is 11.4 Å². The van der Waals surface area contributed by atoms with Crippen LogP contribution in [0.3, 0.4) is 0 Å². The molecule has 158 valence electrons. The van der Waals surface area contributed by atoms with Crippen molar-refractivity contribution in [3.63, 3.8) is 0 Å². The normalized spacial score (nSPS) is 10.5. The number of benzene rings is 3. The lowest BCUT2D eigenvalue weighted by Crippen LogP contribution is -2.25. The van der Waals surface area contributed by atoms with Crippen LogP contribution in [0, 0.1) is 10.1 Å². The van der Waals surface area contributed by atoms with Gasteiger partial charge in [0.15, 0.2) is 0 Å². The Balaban J connectivity index is 1.90. The fraction of sp³-hybridized carbons (Fsp3) is 0.0417. The Morgan fingerprint density at radius 3 is 2.22 bits per heavy atom. The summed E-state index contributed by atoms with van der Waals surface area (Å²) in [5.41, 5.74) is 1.01. The van der Waals surface area contributed by atoms with Crippen molar-refractivity contribution in [3.8, 4) is 22.6 Å². The molecule has 0 bridgehead atoms. The largest absolute Gasteiger partial charge is 0.497 e. The van der Waals surface area contributed by atoms with Crippen molar-refractivity contribution in [1.82, 2.24) is 9.78 Å². The minimum atomic E-state index is -0.518. The van der Waals surface area contributed by atoms with E-state index in [1.807, 2.05) is 0 Å². The van der Waals surface area contributed by atoms with Crippen molar-refractivity contribution in [2.75, 3.05) is 7.11 Å². The van der Waals surface area contributed by atoms with Crippen LogP contribution in [-0.2, 0) is 0 Å². The molecule has 0 N–H and O–H groups in total. The van der Waals surface area contributed by atoms with E-state index in [2.05, 4.69) is 5.10 Å². The first-order chi connectivity index (χ1) is 15.5. The molecule has 0 fully saturated rings. The number of carbonyl (C=O) groups is 1. The summed E-state index contributed by atoms with van der Waals surface area (Å²) in [6, 6.07) is 22.3. The minimum Gasteiger partial charge on any atom is -0.497 e. The Kier molecular flexibility index (Phi) is 5.59. The van der Waals surface area contributed by atoms with E-state index in [0.29, 0.717) is 22.6 Å². The number of hydrogen-bond acceptors (Lipinski definition) is 6. The summed E-state index contributed by atoms with van der Waals surface area (Å²) in [5, 5.41) is 15.3. The monoisotopic (exact) mass is 427 g/mol. The number of nitrogens with zero attached hydrogens (tertiary/aromatic N) is 3. The van der Waals surface area contributed by atoms with Gasteiger partial charge in [-0.05, 0) is 48.0 Å². The van der Waals surface area contributed by atoms with Gasteiger partial charge in [0.05, 0.1) is 23.3 Å². The highest BCUT2D eigenvalue weighted by Crippen LogP contribution is 2.22. The Morgan fingerprint density at radius 1 is 0.969 bits per heavy atom. The number of rotatable bonds is 6. The number of carbonyl (C=O) groups excluding carboxylic acids is 1. The van der Waals surface area contributed by atoms with Gasteiger partial charge in [-0.25, -0.2) is 0 Å². The summed E-state index contributed by atoms with van der Waals surface area (Å²) in [4.78, 5) is 36.8. The van der Waals surface area contributed by atoms with Gasteiger partial charge in [0.2, 0.25) is 5.78 Å².